The average molecular weight is 439 g/mol. The number of fused-ring (bicyclic) bond motifs is 1. The van der Waals surface area contributed by atoms with Crippen LogP contribution in [0.2, 0.25) is 0 Å². The predicted octanol–water partition coefficient (Wildman–Crippen LogP) is 5.50. The van der Waals surface area contributed by atoms with Crippen molar-refractivity contribution in [1.82, 2.24) is 4.98 Å². The van der Waals surface area contributed by atoms with Crippen LogP contribution in [-0.4, -0.2) is 25.0 Å². The molecule has 5 nitrogen and oxygen atoms in total. The van der Waals surface area contributed by atoms with Crippen LogP contribution in [-0.2, 0) is 12.8 Å². The standard InChI is InChI=1S/C23H22N2O3S2/c1-13-4-7-20-15(8-13)10-21(30-20)22(26)16(11-24)23-25-17(12-29-23)14-5-6-18(27-2)19(9-14)28-3/h5-6,9-10,12-13,16H,4,7-8H2,1-3H3. The maximum absolute atomic E-state index is 13.1. The Morgan fingerprint density at radius 2 is 2.07 bits per heavy atom. The first kappa shape index (κ1) is 20.6. The fourth-order valence-corrected chi connectivity index (χ4v) is 5.79. The summed E-state index contributed by atoms with van der Waals surface area (Å²) in [6.45, 7) is 2.24. The second kappa shape index (κ2) is 8.58. The second-order valence-electron chi connectivity index (χ2n) is 7.47. The van der Waals surface area contributed by atoms with Crippen molar-refractivity contribution in [2.75, 3.05) is 14.2 Å². The molecule has 1 aliphatic rings. The molecular formula is C23H22N2O3S2. The molecular weight excluding hydrogens is 416 g/mol. The van der Waals surface area contributed by atoms with Gasteiger partial charge in [-0.1, -0.05) is 6.92 Å². The topological polar surface area (TPSA) is 72.2 Å². The van der Waals surface area contributed by atoms with Crippen LogP contribution in [0.5, 0.6) is 11.5 Å². The lowest BCUT2D eigenvalue weighted by Gasteiger charge is -2.16. The van der Waals surface area contributed by atoms with Crippen molar-refractivity contribution in [2.24, 2.45) is 5.92 Å². The Labute approximate surface area is 183 Å². The number of ether oxygens (including phenoxy) is 2. The van der Waals surface area contributed by atoms with Crippen molar-refractivity contribution < 1.29 is 14.3 Å². The first-order valence-corrected chi connectivity index (χ1v) is 11.5. The van der Waals surface area contributed by atoms with Gasteiger partial charge in [-0.25, -0.2) is 4.98 Å². The van der Waals surface area contributed by atoms with Crippen molar-refractivity contribution in [2.45, 2.75) is 32.1 Å². The summed E-state index contributed by atoms with van der Waals surface area (Å²) in [5.74, 6) is 0.845. The van der Waals surface area contributed by atoms with Crippen LogP contribution in [0.3, 0.4) is 0 Å². The molecule has 0 N–H and O–H groups in total. The van der Waals surface area contributed by atoms with Gasteiger partial charge in [-0.15, -0.1) is 22.7 Å². The van der Waals surface area contributed by atoms with E-state index in [-0.39, 0.29) is 5.78 Å². The summed E-state index contributed by atoms with van der Waals surface area (Å²) >= 11 is 2.88. The molecule has 1 aliphatic carbocycles. The number of nitriles is 1. The summed E-state index contributed by atoms with van der Waals surface area (Å²) in [5.41, 5.74) is 2.83. The fraction of sp³-hybridized carbons (Fsp3) is 0.348. The Morgan fingerprint density at radius 1 is 1.27 bits per heavy atom. The quantitative estimate of drug-likeness (QED) is 0.475. The molecule has 2 aromatic heterocycles. The minimum atomic E-state index is -0.888. The number of thiophene rings is 1. The number of aromatic nitrogens is 1. The van der Waals surface area contributed by atoms with E-state index in [2.05, 4.69) is 18.0 Å². The highest BCUT2D eigenvalue weighted by molar-refractivity contribution is 7.14. The third-order valence-electron chi connectivity index (χ3n) is 5.41. The highest BCUT2D eigenvalue weighted by Crippen LogP contribution is 2.37. The number of Topliss-reactive ketones (excluding diaryl/α,β-unsaturated/α-hetero) is 1. The Bertz CT molecular complexity index is 1130. The molecule has 0 amide bonds. The molecule has 0 spiro atoms. The monoisotopic (exact) mass is 438 g/mol. The Hall–Kier alpha value is -2.69. The summed E-state index contributed by atoms with van der Waals surface area (Å²) in [4.78, 5) is 19.7. The predicted molar refractivity (Wildman–Crippen MR) is 119 cm³/mol. The Balaban J connectivity index is 1.60. The fourth-order valence-electron chi connectivity index (χ4n) is 3.74. The molecule has 1 aromatic carbocycles. The lowest BCUT2D eigenvalue weighted by atomic mass is 9.90. The number of carbonyl (C=O) groups is 1. The third-order valence-corrected chi connectivity index (χ3v) is 7.57. The number of carbonyl (C=O) groups excluding carboxylic acids is 1. The van der Waals surface area contributed by atoms with Crippen LogP contribution in [0.4, 0.5) is 0 Å². The number of hydrogen-bond acceptors (Lipinski definition) is 7. The molecule has 2 heterocycles. The summed E-state index contributed by atoms with van der Waals surface area (Å²) in [6.07, 6.45) is 3.19. The van der Waals surface area contributed by atoms with Crippen LogP contribution >= 0.6 is 22.7 Å². The van der Waals surface area contributed by atoms with Crippen LogP contribution in [0.15, 0.2) is 29.6 Å². The molecule has 2 unspecified atom stereocenters. The van der Waals surface area contributed by atoms with Crippen molar-refractivity contribution in [3.8, 4) is 28.8 Å². The minimum absolute atomic E-state index is 0.155. The Morgan fingerprint density at radius 3 is 2.80 bits per heavy atom. The van der Waals surface area contributed by atoms with Gasteiger partial charge in [0.2, 0.25) is 0 Å². The van der Waals surface area contributed by atoms with Crippen molar-refractivity contribution in [3.63, 3.8) is 0 Å². The lowest BCUT2D eigenvalue weighted by Crippen LogP contribution is -2.10. The van der Waals surface area contributed by atoms with E-state index in [0.717, 1.165) is 24.8 Å². The van der Waals surface area contributed by atoms with E-state index >= 15 is 0 Å². The van der Waals surface area contributed by atoms with Crippen molar-refractivity contribution in [3.05, 3.63) is 50.0 Å². The van der Waals surface area contributed by atoms with Crippen LogP contribution in [0, 0.1) is 17.2 Å². The zero-order chi connectivity index (χ0) is 21.3. The Kier molecular flexibility index (Phi) is 5.89. The van der Waals surface area contributed by atoms with E-state index in [1.807, 2.05) is 29.6 Å². The van der Waals surface area contributed by atoms with Gasteiger partial charge in [0, 0.05) is 15.8 Å². The van der Waals surface area contributed by atoms with Crippen LogP contribution < -0.4 is 9.47 Å². The van der Waals surface area contributed by atoms with Gasteiger partial charge in [0.15, 0.2) is 23.2 Å². The van der Waals surface area contributed by atoms with E-state index < -0.39 is 5.92 Å². The van der Waals surface area contributed by atoms with Gasteiger partial charge >= 0.3 is 0 Å². The van der Waals surface area contributed by atoms with Gasteiger partial charge in [0.1, 0.15) is 5.01 Å². The van der Waals surface area contributed by atoms with Crippen molar-refractivity contribution >= 4 is 28.5 Å². The smallest absolute Gasteiger partial charge is 0.196 e. The van der Waals surface area contributed by atoms with E-state index in [9.17, 15) is 10.1 Å². The number of rotatable bonds is 6. The van der Waals surface area contributed by atoms with Gasteiger partial charge in [0.25, 0.3) is 0 Å². The molecule has 7 heteroatoms. The third kappa shape index (κ3) is 3.85. The minimum Gasteiger partial charge on any atom is -0.493 e. The van der Waals surface area contributed by atoms with Crippen LogP contribution in [0.25, 0.3) is 11.3 Å². The molecule has 30 heavy (non-hydrogen) atoms. The average Bonchev–Trinajstić information content (AvgIpc) is 3.40. The second-order valence-corrected chi connectivity index (χ2v) is 9.50. The maximum atomic E-state index is 13.1. The summed E-state index contributed by atoms with van der Waals surface area (Å²) in [5, 5.41) is 12.1. The number of benzene rings is 1. The molecule has 3 aromatic rings. The lowest BCUT2D eigenvalue weighted by molar-refractivity contribution is 0.0982. The highest BCUT2D eigenvalue weighted by atomic mass is 32.1. The van der Waals surface area contributed by atoms with Gasteiger partial charge in [-0.05, 0) is 55.0 Å². The molecule has 0 aliphatic heterocycles. The normalized spacial score (nSPS) is 16.4. The molecule has 0 saturated heterocycles. The molecule has 0 bridgehead atoms. The van der Waals surface area contributed by atoms with E-state index in [4.69, 9.17) is 9.47 Å². The van der Waals surface area contributed by atoms with E-state index in [1.54, 1.807) is 25.6 Å². The molecule has 0 radical (unpaired) electrons. The first-order chi connectivity index (χ1) is 14.5. The van der Waals surface area contributed by atoms with Gasteiger partial charge in [-0.3, -0.25) is 4.79 Å². The number of thiazole rings is 1. The van der Waals surface area contributed by atoms with Gasteiger partial charge in [-0.2, -0.15) is 5.26 Å². The van der Waals surface area contributed by atoms with Gasteiger partial charge < -0.3 is 9.47 Å². The van der Waals surface area contributed by atoms with Crippen LogP contribution in [0.1, 0.15) is 44.4 Å². The SMILES string of the molecule is COc1ccc(-c2csc(C(C#N)C(=O)c3cc4c(s3)CCC(C)C4)n2)cc1OC. The highest BCUT2D eigenvalue weighted by Gasteiger charge is 2.29. The summed E-state index contributed by atoms with van der Waals surface area (Å²) in [7, 11) is 3.17. The molecule has 154 valence electrons. The van der Waals surface area contributed by atoms with Crippen molar-refractivity contribution in [1.29, 1.82) is 5.26 Å². The molecule has 0 fully saturated rings. The number of hydrogen-bond donors (Lipinski definition) is 0. The molecule has 4 rings (SSSR count). The largest absolute Gasteiger partial charge is 0.493 e. The zero-order valence-electron chi connectivity index (χ0n) is 17.1. The molecule has 2 atom stereocenters. The number of ketones is 1. The number of methoxy groups -OCH3 is 2. The van der Waals surface area contributed by atoms with E-state index in [1.165, 1.54) is 21.8 Å². The van der Waals surface area contributed by atoms with Gasteiger partial charge in [0.05, 0.1) is 30.9 Å². The first-order valence-electron chi connectivity index (χ1n) is 9.77. The maximum Gasteiger partial charge on any atom is 0.196 e. The zero-order valence-corrected chi connectivity index (χ0v) is 18.7. The summed E-state index contributed by atoms with van der Waals surface area (Å²) in [6, 6.07) is 9.71. The number of nitrogens with zero attached hydrogens (tertiary/aromatic N) is 2. The molecule has 0 saturated carbocycles. The summed E-state index contributed by atoms with van der Waals surface area (Å²) < 4.78 is 10.6. The number of aryl methyl sites for hydroxylation is 1. The van der Waals surface area contributed by atoms with E-state index in [0.29, 0.717) is 33.0 Å².